The zero-order valence-corrected chi connectivity index (χ0v) is 13.1. The highest BCUT2D eigenvalue weighted by atomic mass is 15.6. The highest BCUT2D eigenvalue weighted by molar-refractivity contribution is 5.61. The number of hydrogen-bond donors (Lipinski definition) is 0. The highest BCUT2D eigenvalue weighted by Crippen LogP contribution is 2.33. The second kappa shape index (κ2) is 6.16. The van der Waals surface area contributed by atoms with Crippen LogP contribution in [0.15, 0.2) is 12.1 Å². The Morgan fingerprint density at radius 2 is 1.65 bits per heavy atom. The van der Waals surface area contributed by atoms with Crippen molar-refractivity contribution in [3.63, 3.8) is 0 Å². The number of tetrazole rings is 1. The maximum absolute atomic E-state index is 4.47. The summed E-state index contributed by atoms with van der Waals surface area (Å²) in [4.78, 5) is 1.75. The highest BCUT2D eigenvalue weighted by Gasteiger charge is 2.26. The Labute approximate surface area is 121 Å². The first-order valence-corrected chi connectivity index (χ1v) is 7.44. The standard InChI is InChI=1S/C13H16N4.C3H8/c1-8-6-10(3)12(7-9(8)2)13-14-16-17(15-13)11-4-5-11;1-3-2/h6-7,11H,4-5H2,1-3H3;3H2,1-2H3. The number of rotatable bonds is 2. The predicted octanol–water partition coefficient (Wildman–Crippen LogP) is 4.02. The Morgan fingerprint density at radius 1 is 1.05 bits per heavy atom. The molecule has 0 aliphatic heterocycles. The third kappa shape index (κ3) is 3.24. The fourth-order valence-electron chi connectivity index (χ4n) is 1.99. The van der Waals surface area contributed by atoms with Gasteiger partial charge in [0.05, 0.1) is 6.04 Å². The van der Waals surface area contributed by atoms with Crippen LogP contribution in [0.3, 0.4) is 0 Å². The van der Waals surface area contributed by atoms with E-state index in [0.717, 1.165) is 11.4 Å². The first-order chi connectivity index (χ1) is 9.56. The quantitative estimate of drug-likeness (QED) is 0.829. The molecule has 0 amide bonds. The minimum absolute atomic E-state index is 0.489. The Balaban J connectivity index is 0.000000452. The molecule has 0 spiro atoms. The van der Waals surface area contributed by atoms with E-state index < -0.39 is 0 Å². The maximum Gasteiger partial charge on any atom is 0.205 e. The molecule has 1 aromatic carbocycles. The van der Waals surface area contributed by atoms with Crippen LogP contribution in [0.25, 0.3) is 11.4 Å². The fourth-order valence-corrected chi connectivity index (χ4v) is 1.99. The molecule has 0 bridgehead atoms. The summed E-state index contributed by atoms with van der Waals surface area (Å²) in [6.07, 6.45) is 3.61. The zero-order chi connectivity index (χ0) is 14.7. The molecule has 108 valence electrons. The van der Waals surface area contributed by atoms with Gasteiger partial charge >= 0.3 is 0 Å². The molecule has 0 N–H and O–H groups in total. The molecule has 4 nitrogen and oxygen atoms in total. The van der Waals surface area contributed by atoms with Gasteiger partial charge in [-0.25, -0.2) is 0 Å². The van der Waals surface area contributed by atoms with E-state index in [9.17, 15) is 0 Å². The molecule has 2 aromatic rings. The van der Waals surface area contributed by atoms with Crippen LogP contribution in [0, 0.1) is 20.8 Å². The van der Waals surface area contributed by atoms with E-state index >= 15 is 0 Å². The molecule has 20 heavy (non-hydrogen) atoms. The van der Waals surface area contributed by atoms with E-state index in [0.29, 0.717) is 6.04 Å². The summed E-state index contributed by atoms with van der Waals surface area (Å²) in [6, 6.07) is 4.82. The van der Waals surface area contributed by atoms with Crippen molar-refractivity contribution in [3.8, 4) is 11.4 Å². The van der Waals surface area contributed by atoms with Crippen LogP contribution in [-0.2, 0) is 0 Å². The normalized spacial score (nSPS) is 13.8. The van der Waals surface area contributed by atoms with Gasteiger partial charge in [-0.3, -0.25) is 0 Å². The van der Waals surface area contributed by atoms with E-state index in [1.165, 1.54) is 36.0 Å². The molecule has 0 unspecified atom stereocenters. The van der Waals surface area contributed by atoms with Crippen molar-refractivity contribution in [1.82, 2.24) is 20.2 Å². The van der Waals surface area contributed by atoms with Crippen LogP contribution in [0.4, 0.5) is 0 Å². The zero-order valence-electron chi connectivity index (χ0n) is 13.1. The van der Waals surface area contributed by atoms with Gasteiger partial charge in [0.1, 0.15) is 0 Å². The molecule has 3 rings (SSSR count). The summed E-state index contributed by atoms with van der Waals surface area (Å²) >= 11 is 0. The lowest BCUT2D eigenvalue weighted by Gasteiger charge is -2.06. The molecule has 1 saturated carbocycles. The van der Waals surface area contributed by atoms with Crippen LogP contribution in [0.1, 0.15) is 55.8 Å². The summed E-state index contributed by atoms with van der Waals surface area (Å²) in [5.74, 6) is 0.748. The molecule has 1 heterocycles. The minimum Gasteiger partial charge on any atom is -0.161 e. The summed E-state index contributed by atoms with van der Waals surface area (Å²) in [5, 5.41) is 12.8. The average Bonchev–Trinajstić information content (AvgIpc) is 3.13. The van der Waals surface area contributed by atoms with Crippen molar-refractivity contribution in [2.45, 2.75) is 59.9 Å². The first kappa shape index (κ1) is 14.7. The van der Waals surface area contributed by atoms with Gasteiger partial charge < -0.3 is 0 Å². The van der Waals surface area contributed by atoms with Gasteiger partial charge in [0, 0.05) is 5.56 Å². The van der Waals surface area contributed by atoms with E-state index in [-0.39, 0.29) is 0 Å². The second-order valence-electron chi connectivity index (χ2n) is 5.62. The van der Waals surface area contributed by atoms with Crippen LogP contribution in [0.5, 0.6) is 0 Å². The molecule has 0 atom stereocenters. The van der Waals surface area contributed by atoms with Crippen molar-refractivity contribution in [2.75, 3.05) is 0 Å². The molecule has 0 saturated heterocycles. The Kier molecular flexibility index (Phi) is 4.53. The molecular formula is C16H24N4. The van der Waals surface area contributed by atoms with E-state index in [1.807, 2.05) is 0 Å². The predicted molar refractivity (Wildman–Crippen MR) is 81.7 cm³/mol. The maximum atomic E-state index is 4.47. The first-order valence-electron chi connectivity index (χ1n) is 7.44. The Hall–Kier alpha value is -1.71. The topological polar surface area (TPSA) is 43.6 Å². The second-order valence-corrected chi connectivity index (χ2v) is 5.62. The Morgan fingerprint density at radius 3 is 2.25 bits per heavy atom. The van der Waals surface area contributed by atoms with Gasteiger partial charge in [-0.15, -0.1) is 10.2 Å². The van der Waals surface area contributed by atoms with Crippen molar-refractivity contribution in [2.24, 2.45) is 0 Å². The van der Waals surface area contributed by atoms with Crippen molar-refractivity contribution in [3.05, 3.63) is 28.8 Å². The fraction of sp³-hybridized carbons (Fsp3) is 0.562. The molecule has 1 aliphatic rings. The van der Waals surface area contributed by atoms with E-state index in [4.69, 9.17) is 0 Å². The molecule has 1 aliphatic carbocycles. The van der Waals surface area contributed by atoms with Crippen molar-refractivity contribution in [1.29, 1.82) is 0 Å². The third-order valence-electron chi connectivity index (χ3n) is 3.38. The molecular weight excluding hydrogens is 248 g/mol. The molecule has 0 radical (unpaired) electrons. The molecule has 1 aromatic heterocycles. The SMILES string of the molecule is CCC.Cc1cc(C)c(-c2nnn(C3CC3)n2)cc1C. The van der Waals surface area contributed by atoms with Gasteiger partial charge in [-0.2, -0.15) is 4.80 Å². The summed E-state index contributed by atoms with van der Waals surface area (Å²) < 4.78 is 0. The van der Waals surface area contributed by atoms with Gasteiger partial charge in [0.15, 0.2) is 0 Å². The third-order valence-corrected chi connectivity index (χ3v) is 3.38. The largest absolute Gasteiger partial charge is 0.205 e. The average molecular weight is 272 g/mol. The lowest BCUT2D eigenvalue weighted by atomic mass is 10.0. The summed E-state index contributed by atoms with van der Waals surface area (Å²) in [7, 11) is 0. The summed E-state index contributed by atoms with van der Waals surface area (Å²) in [5.41, 5.74) is 4.89. The van der Waals surface area contributed by atoms with Crippen LogP contribution in [0.2, 0.25) is 0 Å². The van der Waals surface area contributed by atoms with Crippen molar-refractivity contribution >= 4 is 0 Å². The molecule has 1 fully saturated rings. The number of aryl methyl sites for hydroxylation is 3. The number of benzene rings is 1. The number of hydrogen-bond acceptors (Lipinski definition) is 3. The molecule has 4 heteroatoms. The van der Waals surface area contributed by atoms with E-state index in [1.54, 1.807) is 4.80 Å². The van der Waals surface area contributed by atoms with Gasteiger partial charge in [0.25, 0.3) is 0 Å². The number of aromatic nitrogens is 4. The monoisotopic (exact) mass is 272 g/mol. The lowest BCUT2D eigenvalue weighted by molar-refractivity contribution is 0.537. The van der Waals surface area contributed by atoms with Crippen LogP contribution < -0.4 is 0 Å². The minimum atomic E-state index is 0.489. The van der Waals surface area contributed by atoms with Gasteiger partial charge in [-0.05, 0) is 61.6 Å². The van der Waals surface area contributed by atoms with E-state index in [2.05, 4.69) is 62.2 Å². The Bertz CT molecular complexity index is 582. The van der Waals surface area contributed by atoms with Gasteiger partial charge in [-0.1, -0.05) is 26.3 Å². The lowest BCUT2D eigenvalue weighted by Crippen LogP contribution is -1.98. The smallest absolute Gasteiger partial charge is 0.161 e. The number of nitrogens with zero attached hydrogens (tertiary/aromatic N) is 4. The van der Waals surface area contributed by atoms with Crippen molar-refractivity contribution < 1.29 is 0 Å². The van der Waals surface area contributed by atoms with Crippen LogP contribution >= 0.6 is 0 Å². The van der Waals surface area contributed by atoms with Crippen LogP contribution in [-0.4, -0.2) is 20.2 Å². The summed E-state index contributed by atoms with van der Waals surface area (Å²) in [6.45, 7) is 10.6. The van der Waals surface area contributed by atoms with Gasteiger partial charge in [0.2, 0.25) is 5.82 Å².